The molecule has 0 fully saturated rings. The van der Waals surface area contributed by atoms with Crippen molar-refractivity contribution in [2.75, 3.05) is 0 Å². The van der Waals surface area contributed by atoms with E-state index in [1.165, 1.54) is 0 Å². The van der Waals surface area contributed by atoms with Crippen LogP contribution in [0.15, 0.2) is 103 Å². The quantitative estimate of drug-likeness (QED) is 0.394. The molecule has 3 aromatic carbocycles. The molecule has 5 heteroatoms. The molecule has 0 saturated carbocycles. The molecule has 2 nitrogen and oxygen atoms in total. The molecule has 0 spiro atoms. The molecule has 1 N–H and O–H groups in total. The fraction of sp³-hybridized carbons (Fsp3) is 0.0435. The van der Waals surface area contributed by atoms with E-state index in [2.05, 4.69) is 5.09 Å². The van der Waals surface area contributed by atoms with Crippen LogP contribution < -0.4 is 5.09 Å². The van der Waals surface area contributed by atoms with Crippen LogP contribution in [0.5, 0.6) is 0 Å². The second-order valence-electron chi connectivity index (χ2n) is 6.22. The maximum absolute atomic E-state index is 13.7. The Morgan fingerprint density at radius 1 is 0.714 bits per heavy atom. The minimum atomic E-state index is -3.17. The van der Waals surface area contributed by atoms with E-state index in [0.717, 1.165) is 16.7 Å². The van der Waals surface area contributed by atoms with Crippen molar-refractivity contribution in [3.05, 3.63) is 119 Å². The first kappa shape index (κ1) is 20.6. The fourth-order valence-electron chi connectivity index (χ4n) is 2.62. The average molecular weight is 428 g/mol. The summed E-state index contributed by atoms with van der Waals surface area (Å²) >= 11 is 13.0. The molecule has 0 radical (unpaired) electrons. The van der Waals surface area contributed by atoms with Crippen LogP contribution in [0, 0.1) is 0 Å². The maximum Gasteiger partial charge on any atom is 0.193 e. The van der Waals surface area contributed by atoms with Gasteiger partial charge in [0.2, 0.25) is 0 Å². The highest BCUT2D eigenvalue weighted by atomic mass is 35.5. The van der Waals surface area contributed by atoms with Crippen LogP contribution >= 0.6 is 30.5 Å². The Morgan fingerprint density at radius 3 is 1.54 bits per heavy atom. The Balaban J connectivity index is 1.94. The zero-order valence-electron chi connectivity index (χ0n) is 15.1. The van der Waals surface area contributed by atoms with Gasteiger partial charge in [0.25, 0.3) is 0 Å². The molecular weight excluding hydrogens is 408 g/mol. The Labute approximate surface area is 175 Å². The van der Waals surface area contributed by atoms with Gasteiger partial charge < -0.3 is 0 Å². The summed E-state index contributed by atoms with van der Waals surface area (Å²) < 4.78 is 13.7. The van der Waals surface area contributed by atoms with Gasteiger partial charge in [-0.05, 0) is 16.7 Å². The van der Waals surface area contributed by atoms with E-state index in [4.69, 9.17) is 23.2 Å². The first-order chi connectivity index (χ1) is 13.6. The van der Waals surface area contributed by atoms with Crippen molar-refractivity contribution in [2.24, 2.45) is 0 Å². The van der Waals surface area contributed by atoms with E-state index in [0.29, 0.717) is 16.6 Å². The van der Waals surface area contributed by atoms with E-state index < -0.39 is 7.29 Å². The smallest absolute Gasteiger partial charge is 0.193 e. The first-order valence-electron chi connectivity index (χ1n) is 8.82. The lowest BCUT2D eigenvalue weighted by Gasteiger charge is -2.15. The maximum atomic E-state index is 13.7. The summed E-state index contributed by atoms with van der Waals surface area (Å²) in [5.74, 6) is 3.14. The highest BCUT2D eigenvalue weighted by molar-refractivity contribution is 7.68. The lowest BCUT2D eigenvalue weighted by Crippen LogP contribution is -2.07. The Kier molecular flexibility index (Phi) is 7.30. The molecule has 0 saturated heterocycles. The molecule has 3 aromatic rings. The topological polar surface area (TPSA) is 29.1 Å². The van der Waals surface area contributed by atoms with Crippen molar-refractivity contribution in [2.45, 2.75) is 6.54 Å². The zero-order valence-corrected chi connectivity index (χ0v) is 17.5. The molecule has 142 valence electrons. The minimum Gasteiger partial charge on any atom is -0.298 e. The highest BCUT2D eigenvalue weighted by Gasteiger charge is 2.19. The third-order valence-corrected chi connectivity index (χ3v) is 6.98. The van der Waals surface area contributed by atoms with E-state index in [9.17, 15) is 4.57 Å². The number of hydrogen-bond acceptors (Lipinski definition) is 1. The number of hydrogen-bond donors (Lipinski definition) is 1. The summed E-state index contributed by atoms with van der Waals surface area (Å²) in [4.78, 5) is 0. The monoisotopic (exact) mass is 427 g/mol. The molecule has 0 aromatic heterocycles. The average Bonchev–Trinajstić information content (AvgIpc) is 2.74. The Hall–Kier alpha value is -2.09. The van der Waals surface area contributed by atoms with Gasteiger partial charge in [-0.3, -0.25) is 9.65 Å². The molecule has 1 unspecified atom stereocenters. The van der Waals surface area contributed by atoms with Crippen LogP contribution in [0.1, 0.15) is 16.7 Å². The van der Waals surface area contributed by atoms with Crippen LogP contribution in [-0.2, 0) is 11.1 Å². The molecule has 0 bridgehead atoms. The Bertz CT molecular complexity index is 943. The van der Waals surface area contributed by atoms with Crippen molar-refractivity contribution in [3.8, 4) is 0 Å². The molecule has 0 heterocycles. The Morgan fingerprint density at radius 2 is 1.11 bits per heavy atom. The molecule has 3 rings (SSSR count). The summed E-state index contributed by atoms with van der Waals surface area (Å²) in [6, 6.07) is 28.7. The summed E-state index contributed by atoms with van der Waals surface area (Å²) in [5.41, 5.74) is 2.63. The molecule has 0 amide bonds. The standard InChI is InChI=1S/C23H20Cl2NOP/c24-22(20-12-6-2-7-13-20)17-28(27,26-16-19-10-4-1-5-11-19)18-23(25)21-14-8-3-9-15-21/h1-15,17-18H,16H2,(H,26,27)/b22-17-,23-18?. The van der Waals surface area contributed by atoms with E-state index in [1.807, 2.05) is 91.0 Å². The zero-order chi connectivity index (χ0) is 19.8. The predicted octanol–water partition coefficient (Wildman–Crippen LogP) is 7.53. The normalized spacial score (nSPS) is 14.5. The van der Waals surface area contributed by atoms with Crippen molar-refractivity contribution in [3.63, 3.8) is 0 Å². The van der Waals surface area contributed by atoms with Crippen LogP contribution in [-0.4, -0.2) is 0 Å². The summed E-state index contributed by atoms with van der Waals surface area (Å²) in [7, 11) is -3.17. The van der Waals surface area contributed by atoms with Gasteiger partial charge in [0, 0.05) is 18.2 Å². The van der Waals surface area contributed by atoms with Gasteiger partial charge in [0.05, 0.1) is 10.1 Å². The van der Waals surface area contributed by atoms with E-state index in [1.54, 1.807) is 11.6 Å². The molecular formula is C23H20Cl2NOP. The van der Waals surface area contributed by atoms with Crippen LogP contribution in [0.4, 0.5) is 0 Å². The summed E-state index contributed by atoms with van der Waals surface area (Å²) in [6.07, 6.45) is 0. The van der Waals surface area contributed by atoms with Crippen LogP contribution in [0.3, 0.4) is 0 Å². The first-order valence-corrected chi connectivity index (χ1v) is 11.4. The van der Waals surface area contributed by atoms with Gasteiger partial charge in [-0.1, -0.05) is 114 Å². The highest BCUT2D eigenvalue weighted by Crippen LogP contribution is 2.50. The molecule has 0 aliphatic heterocycles. The molecule has 0 aliphatic carbocycles. The van der Waals surface area contributed by atoms with Gasteiger partial charge in [0.15, 0.2) is 7.29 Å². The van der Waals surface area contributed by atoms with E-state index >= 15 is 0 Å². The van der Waals surface area contributed by atoms with Crippen molar-refractivity contribution in [1.29, 1.82) is 0 Å². The number of rotatable bonds is 7. The van der Waals surface area contributed by atoms with Gasteiger partial charge in [0.1, 0.15) is 0 Å². The molecule has 0 aliphatic rings. The minimum absolute atomic E-state index is 0.415. The second-order valence-corrected chi connectivity index (χ2v) is 9.28. The SMILES string of the molecule is O=P(C=C(Cl)c1ccccc1)(/C=C(\Cl)c1ccccc1)NCc1ccccc1. The van der Waals surface area contributed by atoms with Crippen molar-refractivity contribution in [1.82, 2.24) is 5.09 Å². The van der Waals surface area contributed by atoms with Crippen molar-refractivity contribution < 1.29 is 4.57 Å². The molecule has 1 atom stereocenters. The largest absolute Gasteiger partial charge is 0.298 e. The van der Waals surface area contributed by atoms with Crippen LogP contribution in [0.25, 0.3) is 10.1 Å². The van der Waals surface area contributed by atoms with Gasteiger partial charge in [-0.15, -0.1) is 0 Å². The van der Waals surface area contributed by atoms with Crippen LogP contribution in [0.2, 0.25) is 0 Å². The summed E-state index contributed by atoms with van der Waals surface area (Å²) in [6.45, 7) is 0.434. The third kappa shape index (κ3) is 5.95. The second kappa shape index (κ2) is 9.91. The fourth-order valence-corrected chi connectivity index (χ4v) is 5.40. The number of halogens is 2. The lowest BCUT2D eigenvalue weighted by atomic mass is 10.2. The van der Waals surface area contributed by atoms with Crippen molar-refractivity contribution >= 4 is 40.6 Å². The molecule has 28 heavy (non-hydrogen) atoms. The van der Waals surface area contributed by atoms with Gasteiger partial charge >= 0.3 is 0 Å². The summed E-state index contributed by atoms with van der Waals surface area (Å²) in [5, 5.41) is 3.98. The van der Waals surface area contributed by atoms with Gasteiger partial charge in [-0.25, -0.2) is 0 Å². The third-order valence-electron chi connectivity index (χ3n) is 4.08. The lowest BCUT2D eigenvalue weighted by molar-refractivity contribution is 0.577. The number of nitrogens with one attached hydrogen (secondary N) is 1. The number of benzene rings is 3. The van der Waals surface area contributed by atoms with Gasteiger partial charge in [-0.2, -0.15) is 0 Å². The van der Waals surface area contributed by atoms with E-state index in [-0.39, 0.29) is 0 Å². The predicted molar refractivity (Wildman–Crippen MR) is 121 cm³/mol.